The Balaban J connectivity index is 2.23. The molecule has 110 valence electrons. The van der Waals surface area contributed by atoms with Crippen LogP contribution >= 0.6 is 15.9 Å². The Morgan fingerprint density at radius 3 is 2.48 bits per heavy atom. The number of hydrogen-bond donors (Lipinski definition) is 0. The van der Waals surface area contributed by atoms with Crippen molar-refractivity contribution in [2.45, 2.75) is 26.7 Å². The van der Waals surface area contributed by atoms with E-state index in [4.69, 9.17) is 4.74 Å². The molecule has 0 radical (unpaired) electrons. The van der Waals surface area contributed by atoms with Crippen LogP contribution in [0.2, 0.25) is 0 Å². The molecule has 2 rings (SSSR count). The van der Waals surface area contributed by atoms with Crippen LogP contribution in [0.1, 0.15) is 32.6 Å². The predicted octanol–water partition coefficient (Wildman–Crippen LogP) is 4.64. The zero-order valence-corrected chi connectivity index (χ0v) is 14.2. The van der Waals surface area contributed by atoms with Crippen LogP contribution in [0.25, 0.3) is 0 Å². The number of benzene rings is 2. The van der Waals surface area contributed by atoms with Gasteiger partial charge in [0.15, 0.2) is 0 Å². The van der Waals surface area contributed by atoms with E-state index in [0.29, 0.717) is 5.56 Å². The van der Waals surface area contributed by atoms with E-state index >= 15 is 0 Å². The first-order chi connectivity index (χ1) is 10.0. The van der Waals surface area contributed by atoms with Crippen molar-refractivity contribution in [1.82, 2.24) is 0 Å². The summed E-state index contributed by atoms with van der Waals surface area (Å²) in [4.78, 5) is 11.8. The summed E-state index contributed by atoms with van der Waals surface area (Å²) in [7, 11) is 1.42. The Kier molecular flexibility index (Phi) is 5.18. The molecule has 0 aromatic heterocycles. The van der Waals surface area contributed by atoms with E-state index < -0.39 is 0 Å². The number of esters is 1. The number of aryl methyl sites for hydroxylation is 4. The van der Waals surface area contributed by atoms with Gasteiger partial charge in [0.2, 0.25) is 0 Å². The van der Waals surface area contributed by atoms with Crippen LogP contribution in [0, 0.1) is 13.8 Å². The summed E-state index contributed by atoms with van der Waals surface area (Å²) in [5.41, 5.74) is 5.45. The van der Waals surface area contributed by atoms with Crippen LogP contribution in [0.4, 0.5) is 0 Å². The predicted molar refractivity (Wildman–Crippen MR) is 88.8 cm³/mol. The molecule has 0 amide bonds. The second-order valence-electron chi connectivity index (χ2n) is 5.20. The summed E-state index contributed by atoms with van der Waals surface area (Å²) < 4.78 is 6.00. The van der Waals surface area contributed by atoms with E-state index in [9.17, 15) is 4.79 Å². The summed E-state index contributed by atoms with van der Waals surface area (Å²) in [6.07, 6.45) is 1.70. The first-order valence-electron chi connectivity index (χ1n) is 6.94. The van der Waals surface area contributed by atoms with Gasteiger partial charge in [0, 0.05) is 4.47 Å². The van der Waals surface area contributed by atoms with Crippen molar-refractivity contribution in [2.75, 3.05) is 7.11 Å². The Bertz CT molecular complexity index is 662. The third-order valence-corrected chi connectivity index (χ3v) is 4.70. The zero-order chi connectivity index (χ0) is 15.4. The molecule has 0 saturated heterocycles. The van der Waals surface area contributed by atoms with E-state index in [1.165, 1.54) is 23.8 Å². The number of rotatable bonds is 4. The number of carbonyl (C=O) groups is 1. The van der Waals surface area contributed by atoms with Crippen molar-refractivity contribution in [3.63, 3.8) is 0 Å². The second kappa shape index (κ2) is 6.90. The fraction of sp³-hybridized carbons (Fsp3) is 0.278. The average Bonchev–Trinajstić information content (AvgIpc) is 2.49. The van der Waals surface area contributed by atoms with Gasteiger partial charge in [-0.2, -0.15) is 0 Å². The van der Waals surface area contributed by atoms with E-state index in [0.717, 1.165) is 22.9 Å². The average molecular weight is 347 g/mol. The van der Waals surface area contributed by atoms with E-state index in [1.807, 2.05) is 24.3 Å². The maximum absolute atomic E-state index is 11.8. The fourth-order valence-electron chi connectivity index (χ4n) is 2.54. The van der Waals surface area contributed by atoms with Crippen LogP contribution in [0.5, 0.6) is 0 Å². The number of halogens is 1. The SMILES string of the molecule is COC(=O)c1ccccc1CCc1cc(C)cc(C)c1Br. The van der Waals surface area contributed by atoms with Crippen molar-refractivity contribution >= 4 is 21.9 Å². The fourth-order valence-corrected chi connectivity index (χ4v) is 2.96. The normalized spacial score (nSPS) is 10.5. The smallest absolute Gasteiger partial charge is 0.338 e. The molecule has 0 N–H and O–H groups in total. The molecule has 0 unspecified atom stereocenters. The van der Waals surface area contributed by atoms with Crippen LogP contribution in [-0.4, -0.2) is 13.1 Å². The van der Waals surface area contributed by atoms with Crippen LogP contribution in [0.15, 0.2) is 40.9 Å². The van der Waals surface area contributed by atoms with Gasteiger partial charge in [-0.25, -0.2) is 4.79 Å². The van der Waals surface area contributed by atoms with E-state index in [1.54, 1.807) is 0 Å². The molecule has 0 aliphatic heterocycles. The largest absolute Gasteiger partial charge is 0.465 e. The third kappa shape index (κ3) is 3.73. The van der Waals surface area contributed by atoms with Gasteiger partial charge in [-0.05, 0) is 49.4 Å². The molecule has 3 heteroatoms. The lowest BCUT2D eigenvalue weighted by Crippen LogP contribution is -2.06. The molecule has 0 aliphatic rings. The number of carbonyl (C=O) groups excluding carboxylic acids is 1. The quantitative estimate of drug-likeness (QED) is 0.754. The van der Waals surface area contributed by atoms with Gasteiger partial charge >= 0.3 is 5.97 Å². The van der Waals surface area contributed by atoms with Gasteiger partial charge in [0.1, 0.15) is 0 Å². The lowest BCUT2D eigenvalue weighted by molar-refractivity contribution is 0.0599. The molecule has 0 fully saturated rings. The number of ether oxygens (including phenoxy) is 1. The highest BCUT2D eigenvalue weighted by molar-refractivity contribution is 9.10. The number of methoxy groups -OCH3 is 1. The highest BCUT2D eigenvalue weighted by Gasteiger charge is 2.12. The van der Waals surface area contributed by atoms with Gasteiger partial charge in [0.25, 0.3) is 0 Å². The van der Waals surface area contributed by atoms with Crippen molar-refractivity contribution < 1.29 is 9.53 Å². The zero-order valence-electron chi connectivity index (χ0n) is 12.6. The molecular weight excluding hydrogens is 328 g/mol. The van der Waals surface area contributed by atoms with E-state index in [-0.39, 0.29) is 5.97 Å². The molecule has 2 aromatic carbocycles. The monoisotopic (exact) mass is 346 g/mol. The first-order valence-corrected chi connectivity index (χ1v) is 7.74. The minimum absolute atomic E-state index is 0.273. The second-order valence-corrected chi connectivity index (χ2v) is 6.00. The van der Waals surface area contributed by atoms with Gasteiger partial charge in [-0.15, -0.1) is 0 Å². The molecule has 0 bridgehead atoms. The minimum Gasteiger partial charge on any atom is -0.465 e. The Morgan fingerprint density at radius 2 is 1.76 bits per heavy atom. The minimum atomic E-state index is -0.273. The summed E-state index contributed by atoms with van der Waals surface area (Å²) in [6, 6.07) is 12.0. The molecule has 0 saturated carbocycles. The van der Waals surface area contributed by atoms with Gasteiger partial charge in [0.05, 0.1) is 12.7 Å². The first kappa shape index (κ1) is 15.8. The maximum Gasteiger partial charge on any atom is 0.338 e. The van der Waals surface area contributed by atoms with Crippen molar-refractivity contribution in [2.24, 2.45) is 0 Å². The molecule has 0 heterocycles. The topological polar surface area (TPSA) is 26.3 Å². The Labute approximate surface area is 134 Å². The lowest BCUT2D eigenvalue weighted by atomic mass is 9.98. The van der Waals surface area contributed by atoms with Crippen molar-refractivity contribution in [3.05, 3.63) is 68.7 Å². The summed E-state index contributed by atoms with van der Waals surface area (Å²) in [6.45, 7) is 4.20. The van der Waals surface area contributed by atoms with Gasteiger partial charge in [-0.1, -0.05) is 51.8 Å². The Morgan fingerprint density at radius 1 is 1.10 bits per heavy atom. The standard InChI is InChI=1S/C18H19BrO2/c1-12-10-13(2)17(19)15(11-12)9-8-14-6-4-5-7-16(14)18(20)21-3/h4-7,10-11H,8-9H2,1-3H3. The van der Waals surface area contributed by atoms with Crippen molar-refractivity contribution in [1.29, 1.82) is 0 Å². The summed E-state index contributed by atoms with van der Waals surface area (Å²) in [5.74, 6) is -0.273. The van der Waals surface area contributed by atoms with E-state index in [2.05, 4.69) is 41.9 Å². The highest BCUT2D eigenvalue weighted by Crippen LogP contribution is 2.25. The molecule has 0 spiro atoms. The van der Waals surface area contributed by atoms with Crippen LogP contribution < -0.4 is 0 Å². The molecule has 2 aromatic rings. The Hall–Kier alpha value is -1.61. The summed E-state index contributed by atoms with van der Waals surface area (Å²) in [5, 5.41) is 0. The third-order valence-electron chi connectivity index (χ3n) is 3.56. The van der Waals surface area contributed by atoms with Crippen molar-refractivity contribution in [3.8, 4) is 0 Å². The van der Waals surface area contributed by atoms with Gasteiger partial charge < -0.3 is 4.74 Å². The molecular formula is C18H19BrO2. The van der Waals surface area contributed by atoms with Crippen LogP contribution in [0.3, 0.4) is 0 Å². The molecule has 0 aliphatic carbocycles. The highest BCUT2D eigenvalue weighted by atomic mass is 79.9. The lowest BCUT2D eigenvalue weighted by Gasteiger charge is -2.11. The molecule has 0 atom stereocenters. The number of hydrogen-bond acceptors (Lipinski definition) is 2. The molecule has 21 heavy (non-hydrogen) atoms. The van der Waals surface area contributed by atoms with Gasteiger partial charge in [-0.3, -0.25) is 0 Å². The summed E-state index contributed by atoms with van der Waals surface area (Å²) >= 11 is 3.66. The maximum atomic E-state index is 11.8. The molecule has 2 nitrogen and oxygen atoms in total. The van der Waals surface area contributed by atoms with Crippen LogP contribution in [-0.2, 0) is 17.6 Å².